The molecule has 0 saturated carbocycles. The van der Waals surface area contributed by atoms with E-state index in [-0.39, 0.29) is 59.1 Å². The van der Waals surface area contributed by atoms with Gasteiger partial charge in [0.05, 0.1) is 0 Å². The van der Waals surface area contributed by atoms with Gasteiger partial charge in [-0.05, 0) is 46.5 Å². The Hall–Kier alpha value is -0.380. The Labute approximate surface area is 226 Å². The number of hydrogen-bond acceptors (Lipinski definition) is 4. The van der Waals surface area contributed by atoms with Crippen LogP contribution >= 0.6 is 0 Å². The number of aryl methyl sites for hydroxylation is 2. The van der Waals surface area contributed by atoms with E-state index in [9.17, 15) is 0 Å². The summed E-state index contributed by atoms with van der Waals surface area (Å²) < 4.78 is 36.3. The molecule has 8 heteroatoms. The molecule has 0 aliphatic heterocycles. The van der Waals surface area contributed by atoms with E-state index in [2.05, 4.69) is 98.8 Å². The Kier molecular flexibility index (Phi) is 15.2. The molecule has 0 aromatic heterocycles. The Bertz CT molecular complexity index is 1020. The first-order chi connectivity index (χ1) is 13.4. The maximum absolute atomic E-state index is 9.09. The molecule has 0 radical (unpaired) electrons. The molecule has 0 fully saturated rings. The van der Waals surface area contributed by atoms with Gasteiger partial charge in [-0.2, -0.15) is 0 Å². The molecule has 0 heterocycles. The second-order valence-corrected chi connectivity index (χ2v) is 8.45. The standard InChI is InChI=1S/2C11H10.2Na.H2O4S2/c2*1-9-5-4-7-10-6-2-3-8-11(9)10;;;1-5(2)6(3)4/h2*2-8H,1H3;;;(H,1,2)(H,3,4)/q;;2*+1;/p-2. The van der Waals surface area contributed by atoms with Crippen molar-refractivity contribution in [2.45, 2.75) is 13.8 Å². The monoisotopic (exact) mass is 458 g/mol. The first kappa shape index (κ1) is 29.6. The summed E-state index contributed by atoms with van der Waals surface area (Å²) in [5.41, 5.74) is 2.70. The maximum atomic E-state index is 9.09. The van der Waals surface area contributed by atoms with Gasteiger partial charge in [-0.15, -0.1) is 0 Å². The summed E-state index contributed by atoms with van der Waals surface area (Å²) in [5.74, 6) is 0. The van der Waals surface area contributed by atoms with Crippen molar-refractivity contribution in [3.05, 3.63) is 96.1 Å². The largest absolute Gasteiger partial charge is 1.00 e. The molecule has 0 amide bonds. The fourth-order valence-corrected chi connectivity index (χ4v) is 2.77. The van der Waals surface area contributed by atoms with Crippen LogP contribution in [0.2, 0.25) is 0 Å². The minimum absolute atomic E-state index is 0. The van der Waals surface area contributed by atoms with Crippen LogP contribution in [0.4, 0.5) is 0 Å². The van der Waals surface area contributed by atoms with E-state index in [0.29, 0.717) is 0 Å². The average Bonchev–Trinajstić information content (AvgIpc) is 2.70. The Morgan fingerprint density at radius 2 is 0.833 bits per heavy atom. The first-order valence-electron chi connectivity index (χ1n) is 8.48. The minimum Gasteiger partial charge on any atom is -0.763 e. The summed E-state index contributed by atoms with van der Waals surface area (Å²) in [6, 6.07) is 29.7. The van der Waals surface area contributed by atoms with E-state index in [1.165, 1.54) is 32.7 Å². The molecule has 0 aliphatic carbocycles. The molecule has 4 rings (SSSR count). The van der Waals surface area contributed by atoms with E-state index < -0.39 is 20.2 Å². The zero-order valence-electron chi connectivity index (χ0n) is 17.5. The Balaban J connectivity index is 0.000000427. The molecule has 146 valence electrons. The van der Waals surface area contributed by atoms with Crippen molar-refractivity contribution >= 4 is 41.8 Å². The van der Waals surface area contributed by atoms with Crippen molar-refractivity contribution in [1.29, 1.82) is 0 Å². The first-order valence-corrected chi connectivity index (χ1v) is 11.1. The van der Waals surface area contributed by atoms with Crippen LogP contribution in [-0.4, -0.2) is 17.5 Å². The summed E-state index contributed by atoms with van der Waals surface area (Å²) in [6.07, 6.45) is 0. The molecule has 0 aliphatic rings. The van der Waals surface area contributed by atoms with Crippen molar-refractivity contribution in [3.8, 4) is 0 Å². The van der Waals surface area contributed by atoms with E-state index in [0.717, 1.165) is 0 Å². The van der Waals surface area contributed by atoms with E-state index in [1.807, 2.05) is 0 Å². The second-order valence-electron chi connectivity index (χ2n) is 6.00. The number of fused-ring (bicyclic) bond motifs is 2. The van der Waals surface area contributed by atoms with Crippen LogP contribution in [0, 0.1) is 13.8 Å². The van der Waals surface area contributed by atoms with E-state index >= 15 is 0 Å². The van der Waals surface area contributed by atoms with Gasteiger partial charge in [0.2, 0.25) is 0 Å². The predicted molar refractivity (Wildman–Crippen MR) is 115 cm³/mol. The van der Waals surface area contributed by atoms with Gasteiger partial charge in [0.15, 0.2) is 0 Å². The van der Waals surface area contributed by atoms with Crippen LogP contribution in [-0.2, 0) is 20.2 Å². The van der Waals surface area contributed by atoms with E-state index in [4.69, 9.17) is 17.5 Å². The number of hydrogen-bond donors (Lipinski definition) is 0. The van der Waals surface area contributed by atoms with Gasteiger partial charge in [-0.3, -0.25) is 8.42 Å². The van der Waals surface area contributed by atoms with Crippen molar-refractivity contribution < 1.29 is 76.6 Å². The van der Waals surface area contributed by atoms with Gasteiger partial charge < -0.3 is 9.11 Å². The predicted octanol–water partition coefficient (Wildman–Crippen LogP) is -1.04. The fraction of sp³-hybridized carbons (Fsp3) is 0.0909. The van der Waals surface area contributed by atoms with E-state index in [1.54, 1.807) is 0 Å². The molecule has 0 saturated heterocycles. The van der Waals surface area contributed by atoms with Crippen molar-refractivity contribution in [2.75, 3.05) is 0 Å². The smallest absolute Gasteiger partial charge is 0.763 e. The molecule has 30 heavy (non-hydrogen) atoms. The van der Waals surface area contributed by atoms with Crippen molar-refractivity contribution in [2.24, 2.45) is 0 Å². The maximum Gasteiger partial charge on any atom is 1.00 e. The summed E-state index contributed by atoms with van der Waals surface area (Å²) in [4.78, 5) is 0. The third kappa shape index (κ3) is 9.40. The zero-order valence-corrected chi connectivity index (χ0v) is 23.2. The van der Waals surface area contributed by atoms with Crippen LogP contribution in [0.25, 0.3) is 21.5 Å². The molecule has 0 bridgehead atoms. The normalized spacial score (nSPS) is 11.5. The van der Waals surface area contributed by atoms with Gasteiger partial charge in [0.25, 0.3) is 0 Å². The van der Waals surface area contributed by atoms with Crippen LogP contribution in [0.5, 0.6) is 0 Å². The summed E-state index contributed by atoms with van der Waals surface area (Å²) in [5, 5.41) is 5.37. The molecule has 4 aromatic rings. The summed E-state index contributed by atoms with van der Waals surface area (Å²) >= 11 is 0. The quantitative estimate of drug-likeness (QED) is 0.208. The molecule has 0 spiro atoms. The van der Waals surface area contributed by atoms with Crippen LogP contribution in [0.1, 0.15) is 11.1 Å². The van der Waals surface area contributed by atoms with Crippen molar-refractivity contribution in [1.82, 2.24) is 0 Å². The number of benzene rings is 4. The minimum atomic E-state index is -2.95. The Morgan fingerprint density at radius 1 is 0.533 bits per heavy atom. The third-order valence-corrected chi connectivity index (χ3v) is 5.02. The van der Waals surface area contributed by atoms with Gasteiger partial charge in [-0.25, -0.2) is 0 Å². The van der Waals surface area contributed by atoms with Crippen LogP contribution in [0.15, 0.2) is 84.9 Å². The molecular weight excluding hydrogens is 438 g/mol. The van der Waals surface area contributed by atoms with Crippen molar-refractivity contribution in [3.63, 3.8) is 0 Å². The molecule has 2 atom stereocenters. The topological polar surface area (TPSA) is 80.3 Å². The second kappa shape index (κ2) is 15.4. The van der Waals surface area contributed by atoms with Crippen LogP contribution < -0.4 is 59.1 Å². The summed E-state index contributed by atoms with van der Waals surface area (Å²) in [7, 11) is -5.90. The SMILES string of the molecule is Cc1cccc2ccccc12.Cc1cccc2ccccc12.O=S([O-])S(=O)[O-].[Na+].[Na+]. The Morgan fingerprint density at radius 3 is 1.13 bits per heavy atom. The fourth-order valence-electron chi connectivity index (χ4n) is 2.77. The van der Waals surface area contributed by atoms with Gasteiger partial charge in [0, 0.05) is 20.2 Å². The van der Waals surface area contributed by atoms with Gasteiger partial charge in [-0.1, -0.05) is 84.9 Å². The molecule has 0 N–H and O–H groups in total. The number of rotatable bonds is 1. The summed E-state index contributed by atoms with van der Waals surface area (Å²) in [6.45, 7) is 4.28. The van der Waals surface area contributed by atoms with Crippen LogP contribution in [0.3, 0.4) is 0 Å². The van der Waals surface area contributed by atoms with Gasteiger partial charge >= 0.3 is 59.1 Å². The van der Waals surface area contributed by atoms with Gasteiger partial charge in [0.1, 0.15) is 0 Å². The molecular formula is C22H20Na2O4S2. The molecule has 2 unspecified atom stereocenters. The molecule has 4 aromatic carbocycles. The third-order valence-electron chi connectivity index (χ3n) is 4.13. The molecule has 4 nitrogen and oxygen atoms in total. The average molecular weight is 459 g/mol. The zero-order chi connectivity index (χ0) is 20.5.